The summed E-state index contributed by atoms with van der Waals surface area (Å²) in [5, 5.41) is 9.45. The Hall–Kier alpha value is -2.46. The maximum Gasteiger partial charge on any atom is 0.336 e. The van der Waals surface area contributed by atoms with Gasteiger partial charge in [-0.1, -0.05) is 30.3 Å². The van der Waals surface area contributed by atoms with Crippen LogP contribution in [0.5, 0.6) is 0 Å². The first kappa shape index (κ1) is 14.5. The number of hydrogen-bond donors (Lipinski definition) is 1. The highest BCUT2D eigenvalue weighted by Gasteiger charge is 2.12. The Kier molecular flexibility index (Phi) is 4.30. The molecule has 110 valence electrons. The first-order valence-corrected chi connectivity index (χ1v) is 7.79. The minimum atomic E-state index is -0.908. The predicted octanol–water partition coefficient (Wildman–Crippen LogP) is 4.94. The van der Waals surface area contributed by atoms with Gasteiger partial charge >= 0.3 is 5.97 Å². The third-order valence-corrected chi connectivity index (χ3v) is 4.39. The van der Waals surface area contributed by atoms with Crippen molar-refractivity contribution in [1.29, 1.82) is 0 Å². The van der Waals surface area contributed by atoms with E-state index < -0.39 is 5.97 Å². The minimum Gasteiger partial charge on any atom is -0.478 e. The summed E-state index contributed by atoms with van der Waals surface area (Å²) in [6.07, 6.45) is 3.19. The van der Waals surface area contributed by atoms with Gasteiger partial charge in [-0.05, 0) is 35.4 Å². The van der Waals surface area contributed by atoms with Crippen LogP contribution < -0.4 is 0 Å². The van der Waals surface area contributed by atoms with Crippen LogP contribution in [0.25, 0.3) is 11.1 Å². The molecule has 0 aliphatic heterocycles. The van der Waals surface area contributed by atoms with Gasteiger partial charge < -0.3 is 9.52 Å². The van der Waals surface area contributed by atoms with Gasteiger partial charge in [0.1, 0.15) is 0 Å². The molecule has 0 aliphatic carbocycles. The van der Waals surface area contributed by atoms with Crippen molar-refractivity contribution in [3.8, 4) is 11.1 Å². The van der Waals surface area contributed by atoms with E-state index >= 15 is 0 Å². The van der Waals surface area contributed by atoms with E-state index in [0.717, 1.165) is 21.6 Å². The van der Waals surface area contributed by atoms with E-state index in [1.54, 1.807) is 30.4 Å². The van der Waals surface area contributed by atoms with Crippen molar-refractivity contribution in [3.05, 3.63) is 78.3 Å². The largest absolute Gasteiger partial charge is 0.478 e. The first-order chi connectivity index (χ1) is 10.7. The smallest absolute Gasteiger partial charge is 0.336 e. The van der Waals surface area contributed by atoms with Crippen LogP contribution >= 0.6 is 11.8 Å². The van der Waals surface area contributed by atoms with Crippen LogP contribution in [0.15, 0.2) is 76.4 Å². The van der Waals surface area contributed by atoms with Gasteiger partial charge in [-0.2, -0.15) is 0 Å². The lowest BCUT2D eigenvalue weighted by atomic mass is 10.0. The molecule has 0 unspecified atom stereocenters. The molecule has 0 spiro atoms. The molecule has 22 heavy (non-hydrogen) atoms. The van der Waals surface area contributed by atoms with Crippen molar-refractivity contribution in [3.63, 3.8) is 0 Å². The van der Waals surface area contributed by atoms with E-state index in [2.05, 4.69) is 0 Å². The van der Waals surface area contributed by atoms with Crippen LogP contribution in [0, 0.1) is 0 Å². The molecule has 1 aromatic heterocycles. The second kappa shape index (κ2) is 6.54. The Bertz CT molecular complexity index is 764. The second-order valence-electron chi connectivity index (χ2n) is 4.79. The summed E-state index contributed by atoms with van der Waals surface area (Å²) in [6, 6.07) is 17.3. The molecular formula is C18H14O3S. The Morgan fingerprint density at radius 3 is 2.55 bits per heavy atom. The molecule has 0 fully saturated rings. The fourth-order valence-corrected chi connectivity index (χ4v) is 3.11. The molecule has 1 heterocycles. The molecule has 0 radical (unpaired) electrons. The Morgan fingerprint density at radius 1 is 1.05 bits per heavy atom. The van der Waals surface area contributed by atoms with Gasteiger partial charge in [-0.25, -0.2) is 4.79 Å². The Labute approximate surface area is 132 Å². The van der Waals surface area contributed by atoms with Crippen molar-refractivity contribution in [2.45, 2.75) is 10.6 Å². The third-order valence-electron chi connectivity index (χ3n) is 3.33. The molecule has 0 amide bonds. The van der Waals surface area contributed by atoms with Crippen LogP contribution in [0.4, 0.5) is 0 Å². The molecule has 0 atom stereocenters. The predicted molar refractivity (Wildman–Crippen MR) is 87.1 cm³/mol. The summed E-state index contributed by atoms with van der Waals surface area (Å²) in [5.74, 6) is -0.286. The number of aromatic carboxylic acids is 1. The molecule has 3 nitrogen and oxygen atoms in total. The van der Waals surface area contributed by atoms with Crippen LogP contribution in [0.1, 0.15) is 15.9 Å². The topological polar surface area (TPSA) is 50.4 Å². The molecule has 4 heteroatoms. The van der Waals surface area contributed by atoms with Crippen molar-refractivity contribution in [1.82, 2.24) is 0 Å². The van der Waals surface area contributed by atoms with Gasteiger partial charge in [0.15, 0.2) is 0 Å². The number of hydrogen-bond acceptors (Lipinski definition) is 3. The summed E-state index contributed by atoms with van der Waals surface area (Å²) < 4.78 is 5.05. The average Bonchev–Trinajstić information content (AvgIpc) is 3.08. The molecule has 0 aliphatic rings. The first-order valence-electron chi connectivity index (χ1n) is 6.80. The van der Waals surface area contributed by atoms with Gasteiger partial charge in [0, 0.05) is 16.2 Å². The van der Waals surface area contributed by atoms with E-state index in [4.69, 9.17) is 4.42 Å². The lowest BCUT2D eigenvalue weighted by Gasteiger charge is -2.08. The molecular weight excluding hydrogens is 296 g/mol. The van der Waals surface area contributed by atoms with Crippen LogP contribution in [0.2, 0.25) is 0 Å². The zero-order chi connectivity index (χ0) is 15.4. The second-order valence-corrected chi connectivity index (χ2v) is 5.84. The maximum absolute atomic E-state index is 11.5. The Morgan fingerprint density at radius 2 is 1.86 bits per heavy atom. The summed E-state index contributed by atoms with van der Waals surface area (Å²) in [5.41, 5.74) is 2.88. The zero-order valence-electron chi connectivity index (χ0n) is 11.7. The summed E-state index contributed by atoms with van der Waals surface area (Å²) >= 11 is 1.63. The molecule has 0 saturated heterocycles. The normalized spacial score (nSPS) is 10.5. The highest BCUT2D eigenvalue weighted by Crippen LogP contribution is 2.28. The molecule has 1 N–H and O–H groups in total. The number of carbonyl (C=O) groups is 1. The van der Waals surface area contributed by atoms with E-state index in [9.17, 15) is 9.90 Å². The molecule has 3 aromatic rings. The van der Waals surface area contributed by atoms with Gasteiger partial charge in [-0.3, -0.25) is 0 Å². The number of furan rings is 1. The molecule has 3 rings (SSSR count). The van der Waals surface area contributed by atoms with Gasteiger partial charge in [0.25, 0.3) is 0 Å². The van der Waals surface area contributed by atoms with Crippen LogP contribution in [-0.2, 0) is 5.75 Å². The summed E-state index contributed by atoms with van der Waals surface area (Å²) in [6.45, 7) is 0. The highest BCUT2D eigenvalue weighted by molar-refractivity contribution is 7.98. The van der Waals surface area contributed by atoms with E-state index in [1.165, 1.54) is 0 Å². The zero-order valence-corrected chi connectivity index (χ0v) is 12.5. The standard InChI is InChI=1S/C18H14O3S/c19-18(20)17-10-13(14-8-9-21-11-14)6-7-15(17)12-22-16-4-2-1-3-5-16/h1-11H,12H2,(H,19,20). The quantitative estimate of drug-likeness (QED) is 0.678. The van der Waals surface area contributed by atoms with Crippen LogP contribution in [-0.4, -0.2) is 11.1 Å². The third kappa shape index (κ3) is 3.23. The number of thioether (sulfide) groups is 1. The lowest BCUT2D eigenvalue weighted by molar-refractivity contribution is 0.0696. The number of benzene rings is 2. The van der Waals surface area contributed by atoms with E-state index in [-0.39, 0.29) is 0 Å². The molecule has 0 bridgehead atoms. The van der Waals surface area contributed by atoms with Crippen molar-refractivity contribution < 1.29 is 14.3 Å². The van der Waals surface area contributed by atoms with E-state index in [1.807, 2.05) is 48.5 Å². The summed E-state index contributed by atoms with van der Waals surface area (Å²) in [7, 11) is 0. The van der Waals surface area contributed by atoms with Crippen molar-refractivity contribution in [2.24, 2.45) is 0 Å². The van der Waals surface area contributed by atoms with Gasteiger partial charge in [-0.15, -0.1) is 11.8 Å². The number of carboxylic acids is 1. The fraction of sp³-hybridized carbons (Fsp3) is 0.0556. The van der Waals surface area contributed by atoms with Crippen LogP contribution in [0.3, 0.4) is 0 Å². The van der Waals surface area contributed by atoms with E-state index in [0.29, 0.717) is 11.3 Å². The monoisotopic (exact) mass is 310 g/mol. The fourth-order valence-electron chi connectivity index (χ4n) is 2.19. The number of carboxylic acid groups (broad SMARTS) is 1. The van der Waals surface area contributed by atoms with Crippen molar-refractivity contribution >= 4 is 17.7 Å². The van der Waals surface area contributed by atoms with Crippen molar-refractivity contribution in [2.75, 3.05) is 0 Å². The molecule has 2 aromatic carbocycles. The highest BCUT2D eigenvalue weighted by atomic mass is 32.2. The number of rotatable bonds is 5. The maximum atomic E-state index is 11.5. The van der Waals surface area contributed by atoms with Gasteiger partial charge in [0.05, 0.1) is 18.1 Å². The lowest BCUT2D eigenvalue weighted by Crippen LogP contribution is -2.02. The SMILES string of the molecule is O=C(O)c1cc(-c2ccoc2)ccc1CSc1ccccc1. The summed E-state index contributed by atoms with van der Waals surface area (Å²) in [4.78, 5) is 12.6. The average molecular weight is 310 g/mol. The minimum absolute atomic E-state index is 0.335. The Balaban J connectivity index is 1.86. The molecule has 0 saturated carbocycles. The van der Waals surface area contributed by atoms with Gasteiger partial charge in [0.2, 0.25) is 0 Å².